The Balaban J connectivity index is 1.55. The molecule has 0 unspecified atom stereocenters. The molecule has 1 aromatic carbocycles. The second kappa shape index (κ2) is 9.26. The van der Waals surface area contributed by atoms with Gasteiger partial charge in [-0.2, -0.15) is 5.26 Å². The number of halogens is 1. The van der Waals surface area contributed by atoms with Crippen LogP contribution in [0.1, 0.15) is 16.8 Å². The van der Waals surface area contributed by atoms with E-state index in [1.54, 1.807) is 33.7 Å². The summed E-state index contributed by atoms with van der Waals surface area (Å²) in [5.74, 6) is 0.407. The van der Waals surface area contributed by atoms with Gasteiger partial charge in [0.05, 0.1) is 11.3 Å². The number of nitrogens with one attached hydrogen (secondary N) is 1. The topological polar surface area (TPSA) is 101 Å². The molecule has 0 saturated heterocycles. The van der Waals surface area contributed by atoms with Crippen molar-refractivity contribution in [2.45, 2.75) is 19.0 Å². The maximum atomic E-state index is 13.4. The van der Waals surface area contributed by atoms with Gasteiger partial charge in [-0.05, 0) is 55.8 Å². The SMILES string of the molecule is Cc1c(C#N)c(NC(=O)CSc2nnc(-c3cccnc3)n2C)n(-c2ccc(F)cc2)c1C. The Morgan fingerprint density at radius 1 is 1.21 bits per heavy atom. The highest BCUT2D eigenvalue weighted by Crippen LogP contribution is 2.30. The van der Waals surface area contributed by atoms with Crippen LogP contribution in [0.25, 0.3) is 17.1 Å². The summed E-state index contributed by atoms with van der Waals surface area (Å²) in [6.07, 6.45) is 3.38. The van der Waals surface area contributed by atoms with Crippen LogP contribution < -0.4 is 5.32 Å². The van der Waals surface area contributed by atoms with Gasteiger partial charge in [-0.3, -0.25) is 14.3 Å². The van der Waals surface area contributed by atoms with Crippen molar-refractivity contribution in [3.05, 3.63) is 71.4 Å². The van der Waals surface area contributed by atoms with Gasteiger partial charge in [0, 0.05) is 36.4 Å². The van der Waals surface area contributed by atoms with Gasteiger partial charge < -0.3 is 9.88 Å². The second-order valence-electron chi connectivity index (χ2n) is 7.30. The van der Waals surface area contributed by atoms with Crippen LogP contribution in [0.4, 0.5) is 10.2 Å². The van der Waals surface area contributed by atoms with Crippen molar-refractivity contribution < 1.29 is 9.18 Å². The third-order valence-corrected chi connectivity index (χ3v) is 6.28. The fourth-order valence-corrected chi connectivity index (χ4v) is 4.17. The third kappa shape index (κ3) is 4.36. The lowest BCUT2D eigenvalue weighted by atomic mass is 10.2. The van der Waals surface area contributed by atoms with Crippen molar-refractivity contribution in [3.63, 3.8) is 0 Å². The number of rotatable bonds is 6. The number of carbonyl (C=O) groups is 1. The quantitative estimate of drug-likeness (QED) is 0.435. The van der Waals surface area contributed by atoms with E-state index in [1.165, 1.54) is 23.9 Å². The molecule has 8 nitrogen and oxygen atoms in total. The zero-order valence-corrected chi connectivity index (χ0v) is 19.0. The number of pyridine rings is 1. The minimum Gasteiger partial charge on any atom is -0.310 e. The van der Waals surface area contributed by atoms with E-state index in [0.29, 0.717) is 28.0 Å². The van der Waals surface area contributed by atoms with Crippen molar-refractivity contribution in [1.29, 1.82) is 5.26 Å². The van der Waals surface area contributed by atoms with Crippen LogP contribution in [0.3, 0.4) is 0 Å². The predicted octanol–water partition coefficient (Wildman–Crippen LogP) is 4.03. The molecule has 0 radical (unpaired) electrons. The highest BCUT2D eigenvalue weighted by atomic mass is 32.2. The third-order valence-electron chi connectivity index (χ3n) is 5.25. The number of hydrogen-bond donors (Lipinski definition) is 1. The van der Waals surface area contributed by atoms with Gasteiger partial charge >= 0.3 is 0 Å². The van der Waals surface area contributed by atoms with Crippen molar-refractivity contribution >= 4 is 23.5 Å². The highest BCUT2D eigenvalue weighted by Gasteiger charge is 2.21. The number of nitrogens with zero attached hydrogens (tertiary/aromatic N) is 6. The number of hydrogen-bond acceptors (Lipinski definition) is 6. The van der Waals surface area contributed by atoms with Gasteiger partial charge in [-0.1, -0.05) is 11.8 Å². The Hall–Kier alpha value is -3.97. The molecule has 4 rings (SSSR count). The minimum atomic E-state index is -0.364. The largest absolute Gasteiger partial charge is 0.310 e. The minimum absolute atomic E-state index is 0.0660. The highest BCUT2D eigenvalue weighted by molar-refractivity contribution is 7.99. The first kappa shape index (κ1) is 22.2. The molecule has 166 valence electrons. The number of anilines is 1. The molecule has 33 heavy (non-hydrogen) atoms. The molecule has 3 heterocycles. The maximum absolute atomic E-state index is 13.4. The zero-order valence-electron chi connectivity index (χ0n) is 18.2. The van der Waals surface area contributed by atoms with Crippen LogP contribution in [0, 0.1) is 31.0 Å². The van der Waals surface area contributed by atoms with Crippen LogP contribution in [-0.4, -0.2) is 36.0 Å². The standard InChI is InChI=1S/C23H20FN7OS/c1-14-15(2)31(18-8-6-17(24)7-9-18)22(19(14)11-25)27-20(32)13-33-23-29-28-21(30(23)3)16-5-4-10-26-12-16/h4-10,12H,13H2,1-3H3,(H,27,32). The summed E-state index contributed by atoms with van der Waals surface area (Å²) in [7, 11) is 1.82. The molecule has 0 atom stereocenters. The molecule has 0 aliphatic carbocycles. The van der Waals surface area contributed by atoms with E-state index in [0.717, 1.165) is 16.8 Å². The van der Waals surface area contributed by atoms with Crippen molar-refractivity contribution in [2.75, 3.05) is 11.1 Å². The van der Waals surface area contributed by atoms with E-state index in [-0.39, 0.29) is 17.5 Å². The molecule has 0 bridgehead atoms. The number of carbonyl (C=O) groups excluding carboxylic acids is 1. The molecule has 0 fully saturated rings. The van der Waals surface area contributed by atoms with E-state index in [2.05, 4.69) is 26.6 Å². The summed E-state index contributed by atoms with van der Waals surface area (Å²) in [6.45, 7) is 3.67. The molecular formula is C23H20FN7OS. The van der Waals surface area contributed by atoms with E-state index >= 15 is 0 Å². The molecule has 4 aromatic rings. The van der Waals surface area contributed by atoms with Crippen LogP contribution in [0.5, 0.6) is 0 Å². The smallest absolute Gasteiger partial charge is 0.236 e. The molecular weight excluding hydrogens is 441 g/mol. The van der Waals surface area contributed by atoms with E-state index in [1.807, 2.05) is 33.0 Å². The Labute approximate surface area is 194 Å². The molecule has 0 spiro atoms. The first-order valence-corrected chi connectivity index (χ1v) is 11.0. The van der Waals surface area contributed by atoms with Gasteiger partial charge in [0.15, 0.2) is 11.0 Å². The number of nitriles is 1. The second-order valence-corrected chi connectivity index (χ2v) is 8.24. The first-order valence-electron chi connectivity index (χ1n) is 10.0. The first-order chi connectivity index (χ1) is 15.9. The Morgan fingerprint density at radius 3 is 2.64 bits per heavy atom. The lowest BCUT2D eigenvalue weighted by molar-refractivity contribution is -0.113. The lowest BCUT2D eigenvalue weighted by Gasteiger charge is -2.13. The summed E-state index contributed by atoms with van der Waals surface area (Å²) in [5.41, 5.74) is 3.38. The number of amides is 1. The normalized spacial score (nSPS) is 10.8. The predicted molar refractivity (Wildman–Crippen MR) is 124 cm³/mol. The Kier molecular flexibility index (Phi) is 6.24. The lowest BCUT2D eigenvalue weighted by Crippen LogP contribution is -2.18. The van der Waals surface area contributed by atoms with E-state index < -0.39 is 0 Å². The molecule has 10 heteroatoms. The van der Waals surface area contributed by atoms with Gasteiger partial charge in [-0.25, -0.2) is 4.39 Å². The van der Waals surface area contributed by atoms with Crippen LogP contribution in [0.2, 0.25) is 0 Å². The average Bonchev–Trinajstić information content (AvgIpc) is 3.30. The monoisotopic (exact) mass is 461 g/mol. The number of aromatic nitrogens is 5. The summed E-state index contributed by atoms with van der Waals surface area (Å²) in [6, 6.07) is 11.8. The molecule has 1 amide bonds. The van der Waals surface area contributed by atoms with Gasteiger partial charge in [-0.15, -0.1) is 10.2 Å². The van der Waals surface area contributed by atoms with Crippen molar-refractivity contribution in [2.24, 2.45) is 7.05 Å². The summed E-state index contributed by atoms with van der Waals surface area (Å²) >= 11 is 1.23. The van der Waals surface area contributed by atoms with Gasteiger partial charge in [0.1, 0.15) is 17.7 Å². The number of thioether (sulfide) groups is 1. The zero-order chi connectivity index (χ0) is 23.5. The molecule has 3 aromatic heterocycles. The van der Waals surface area contributed by atoms with Crippen LogP contribution in [-0.2, 0) is 11.8 Å². The van der Waals surface area contributed by atoms with Gasteiger partial charge in [0.25, 0.3) is 0 Å². The Bertz CT molecular complexity index is 1350. The fourth-order valence-electron chi connectivity index (χ4n) is 3.46. The molecule has 1 N–H and O–H groups in total. The van der Waals surface area contributed by atoms with E-state index in [9.17, 15) is 14.4 Å². The molecule has 0 aliphatic rings. The molecule has 0 aliphatic heterocycles. The maximum Gasteiger partial charge on any atom is 0.236 e. The summed E-state index contributed by atoms with van der Waals surface area (Å²) < 4.78 is 17.0. The van der Waals surface area contributed by atoms with E-state index in [4.69, 9.17) is 0 Å². The fraction of sp³-hybridized carbons (Fsp3) is 0.174. The summed E-state index contributed by atoms with van der Waals surface area (Å²) in [4.78, 5) is 16.9. The molecule has 0 saturated carbocycles. The van der Waals surface area contributed by atoms with Crippen molar-refractivity contribution in [1.82, 2.24) is 24.3 Å². The Morgan fingerprint density at radius 2 is 1.97 bits per heavy atom. The number of benzene rings is 1. The van der Waals surface area contributed by atoms with Crippen molar-refractivity contribution in [3.8, 4) is 23.1 Å². The van der Waals surface area contributed by atoms with Gasteiger partial charge in [0.2, 0.25) is 5.91 Å². The summed E-state index contributed by atoms with van der Waals surface area (Å²) in [5, 5.41) is 21.5. The van der Waals surface area contributed by atoms with Crippen LogP contribution >= 0.6 is 11.8 Å². The van der Waals surface area contributed by atoms with Crippen LogP contribution in [0.15, 0.2) is 53.9 Å². The average molecular weight is 462 g/mol.